The Hall–Kier alpha value is -3.34. The third kappa shape index (κ3) is 2.17. The molecule has 0 fully saturated rings. The highest BCUT2D eigenvalue weighted by Gasteiger charge is 2.13. The van der Waals surface area contributed by atoms with E-state index < -0.39 is 5.97 Å². The van der Waals surface area contributed by atoms with E-state index in [4.69, 9.17) is 6.57 Å². The first kappa shape index (κ1) is 12.7. The molecular weight excluding hydrogens is 272 g/mol. The van der Waals surface area contributed by atoms with Crippen molar-refractivity contribution in [1.82, 2.24) is 25.0 Å². The Bertz CT molecular complexity index is 862. The fraction of sp³-hybridized carbons (Fsp3) is 0.0769. The molecule has 0 bridgehead atoms. The standard InChI is InChI=1S/C13H8N6O2/c1-14-11-4-3-9(7-15-11)19-12-10(17-18-19)5-8(6-16-12)13(20)21-2/h3-7H,2H3. The average molecular weight is 280 g/mol. The van der Waals surface area contributed by atoms with Gasteiger partial charge in [0.15, 0.2) is 5.65 Å². The molecule has 3 rings (SSSR count). The summed E-state index contributed by atoms with van der Waals surface area (Å²) in [5, 5.41) is 7.95. The number of aromatic nitrogens is 5. The second kappa shape index (κ2) is 4.97. The predicted octanol–water partition coefficient (Wildman–Crippen LogP) is 1.55. The Morgan fingerprint density at radius 3 is 2.86 bits per heavy atom. The van der Waals surface area contributed by atoms with Crippen LogP contribution in [-0.2, 0) is 4.74 Å². The van der Waals surface area contributed by atoms with Gasteiger partial charge >= 0.3 is 5.97 Å². The smallest absolute Gasteiger partial charge is 0.339 e. The van der Waals surface area contributed by atoms with E-state index in [1.807, 2.05) is 0 Å². The van der Waals surface area contributed by atoms with Crippen LogP contribution in [0.3, 0.4) is 0 Å². The third-order valence-corrected chi connectivity index (χ3v) is 2.80. The zero-order chi connectivity index (χ0) is 14.8. The van der Waals surface area contributed by atoms with Crippen LogP contribution in [0.1, 0.15) is 10.4 Å². The van der Waals surface area contributed by atoms with Gasteiger partial charge in [0, 0.05) is 6.20 Å². The molecule has 0 N–H and O–H groups in total. The van der Waals surface area contributed by atoms with Crippen molar-refractivity contribution in [2.24, 2.45) is 0 Å². The zero-order valence-corrected chi connectivity index (χ0v) is 10.9. The molecule has 0 amide bonds. The van der Waals surface area contributed by atoms with E-state index in [-0.39, 0.29) is 0 Å². The lowest BCUT2D eigenvalue weighted by Gasteiger charge is -2.00. The Kier molecular flexibility index (Phi) is 3.00. The van der Waals surface area contributed by atoms with Gasteiger partial charge in [-0.2, -0.15) is 4.68 Å². The Morgan fingerprint density at radius 1 is 1.33 bits per heavy atom. The highest BCUT2D eigenvalue weighted by Crippen LogP contribution is 2.17. The van der Waals surface area contributed by atoms with Crippen molar-refractivity contribution in [1.29, 1.82) is 0 Å². The van der Waals surface area contributed by atoms with Crippen LogP contribution in [0.15, 0.2) is 30.6 Å². The van der Waals surface area contributed by atoms with Crippen molar-refractivity contribution in [2.45, 2.75) is 0 Å². The number of rotatable bonds is 2. The quantitative estimate of drug-likeness (QED) is 0.523. The van der Waals surface area contributed by atoms with Crippen LogP contribution >= 0.6 is 0 Å². The van der Waals surface area contributed by atoms with E-state index in [1.54, 1.807) is 18.2 Å². The lowest BCUT2D eigenvalue weighted by molar-refractivity contribution is 0.0600. The van der Waals surface area contributed by atoms with Crippen LogP contribution in [-0.4, -0.2) is 38.0 Å². The molecule has 102 valence electrons. The van der Waals surface area contributed by atoms with E-state index in [1.165, 1.54) is 24.2 Å². The second-order valence-electron chi connectivity index (χ2n) is 4.05. The van der Waals surface area contributed by atoms with Gasteiger partial charge in [-0.15, -0.1) is 10.1 Å². The maximum Gasteiger partial charge on any atom is 0.339 e. The molecule has 0 aromatic carbocycles. The number of hydrogen-bond donors (Lipinski definition) is 0. The van der Waals surface area contributed by atoms with Gasteiger partial charge in [-0.1, -0.05) is 11.8 Å². The van der Waals surface area contributed by atoms with E-state index >= 15 is 0 Å². The summed E-state index contributed by atoms with van der Waals surface area (Å²) < 4.78 is 6.11. The average Bonchev–Trinajstić information content (AvgIpc) is 2.97. The molecule has 0 saturated carbocycles. The van der Waals surface area contributed by atoms with Gasteiger partial charge in [0.05, 0.1) is 12.7 Å². The fourth-order valence-electron chi connectivity index (χ4n) is 1.79. The monoisotopic (exact) mass is 280 g/mol. The van der Waals surface area contributed by atoms with Crippen molar-refractivity contribution >= 4 is 23.0 Å². The largest absolute Gasteiger partial charge is 0.465 e. The van der Waals surface area contributed by atoms with Crippen LogP contribution in [0.5, 0.6) is 0 Å². The van der Waals surface area contributed by atoms with Crippen molar-refractivity contribution in [3.63, 3.8) is 0 Å². The molecule has 21 heavy (non-hydrogen) atoms. The summed E-state index contributed by atoms with van der Waals surface area (Å²) in [6.07, 6.45) is 2.91. The third-order valence-electron chi connectivity index (χ3n) is 2.80. The van der Waals surface area contributed by atoms with Crippen molar-refractivity contribution < 1.29 is 9.53 Å². The molecule has 8 nitrogen and oxygen atoms in total. The number of carbonyl (C=O) groups is 1. The molecule has 3 aromatic heterocycles. The molecule has 0 radical (unpaired) electrons. The number of fused-ring (bicyclic) bond motifs is 1. The van der Waals surface area contributed by atoms with E-state index in [0.717, 1.165) is 0 Å². The normalized spacial score (nSPS) is 10.3. The molecule has 0 unspecified atom stereocenters. The molecule has 0 spiro atoms. The van der Waals surface area contributed by atoms with Gasteiger partial charge in [0.1, 0.15) is 17.4 Å². The first-order chi connectivity index (χ1) is 10.2. The minimum atomic E-state index is -0.484. The number of methoxy groups -OCH3 is 1. The molecular formula is C13H8N6O2. The van der Waals surface area contributed by atoms with Crippen LogP contribution in [0.4, 0.5) is 5.82 Å². The summed E-state index contributed by atoms with van der Waals surface area (Å²) in [6.45, 7) is 6.87. The van der Waals surface area contributed by atoms with Gasteiger partial charge in [0.25, 0.3) is 5.82 Å². The summed E-state index contributed by atoms with van der Waals surface area (Å²) in [5.41, 5.74) is 1.88. The highest BCUT2D eigenvalue weighted by atomic mass is 16.5. The van der Waals surface area contributed by atoms with Crippen LogP contribution in [0.2, 0.25) is 0 Å². The molecule has 0 aliphatic heterocycles. The fourth-order valence-corrected chi connectivity index (χ4v) is 1.79. The molecule has 0 saturated heterocycles. The molecule has 8 heteroatoms. The first-order valence-electron chi connectivity index (χ1n) is 5.86. The van der Waals surface area contributed by atoms with Gasteiger partial charge in [-0.25, -0.2) is 9.78 Å². The molecule has 0 atom stereocenters. The van der Waals surface area contributed by atoms with Crippen LogP contribution in [0.25, 0.3) is 21.7 Å². The van der Waals surface area contributed by atoms with Crippen LogP contribution < -0.4 is 0 Å². The maximum atomic E-state index is 11.4. The maximum absolute atomic E-state index is 11.4. The topological polar surface area (TPSA) is 87.2 Å². The van der Waals surface area contributed by atoms with E-state index in [0.29, 0.717) is 28.2 Å². The summed E-state index contributed by atoms with van der Waals surface area (Å²) in [4.78, 5) is 22.8. The highest BCUT2D eigenvalue weighted by molar-refractivity contribution is 5.92. The molecule has 0 aliphatic carbocycles. The second-order valence-corrected chi connectivity index (χ2v) is 4.05. The molecule has 3 heterocycles. The summed E-state index contributed by atoms with van der Waals surface area (Å²) in [5.74, 6) is -0.189. The first-order valence-corrected chi connectivity index (χ1v) is 5.86. The van der Waals surface area contributed by atoms with Crippen LogP contribution in [0, 0.1) is 6.57 Å². The summed E-state index contributed by atoms with van der Waals surface area (Å²) in [7, 11) is 1.30. The van der Waals surface area contributed by atoms with E-state index in [9.17, 15) is 4.79 Å². The zero-order valence-electron chi connectivity index (χ0n) is 10.9. The number of hydrogen-bond acceptors (Lipinski definition) is 6. The number of carbonyl (C=O) groups excluding carboxylic acids is 1. The summed E-state index contributed by atoms with van der Waals surface area (Å²) >= 11 is 0. The Balaban J connectivity index is 2.08. The Morgan fingerprint density at radius 2 is 2.19 bits per heavy atom. The summed E-state index contributed by atoms with van der Waals surface area (Å²) in [6, 6.07) is 4.83. The molecule has 0 aliphatic rings. The SMILES string of the molecule is [C-]#[N+]c1ccc(-n2nnc3cc(C(=O)OC)cnc32)cn1. The molecule has 3 aromatic rings. The van der Waals surface area contributed by atoms with Crippen molar-refractivity contribution in [3.8, 4) is 5.69 Å². The number of ether oxygens (including phenoxy) is 1. The lowest BCUT2D eigenvalue weighted by Crippen LogP contribution is -2.02. The van der Waals surface area contributed by atoms with Gasteiger partial charge in [0.2, 0.25) is 0 Å². The number of nitrogens with zero attached hydrogens (tertiary/aromatic N) is 6. The minimum Gasteiger partial charge on any atom is -0.465 e. The van der Waals surface area contributed by atoms with Gasteiger partial charge in [-0.05, 0) is 18.2 Å². The Labute approximate surface area is 118 Å². The number of pyridine rings is 2. The minimum absolute atomic E-state index is 0.295. The van der Waals surface area contributed by atoms with Crippen molar-refractivity contribution in [3.05, 3.63) is 47.6 Å². The van der Waals surface area contributed by atoms with Crippen molar-refractivity contribution in [2.75, 3.05) is 7.11 Å². The number of esters is 1. The lowest BCUT2D eigenvalue weighted by atomic mass is 10.3. The van der Waals surface area contributed by atoms with E-state index in [2.05, 4.69) is 29.9 Å². The van der Waals surface area contributed by atoms with Gasteiger partial charge in [-0.3, -0.25) is 0 Å². The predicted molar refractivity (Wildman–Crippen MR) is 72.1 cm³/mol. The van der Waals surface area contributed by atoms with Gasteiger partial charge < -0.3 is 9.58 Å².